The number of benzene rings is 1. The molecule has 2 aromatic rings. The minimum absolute atomic E-state index is 0.0942. The first-order valence-corrected chi connectivity index (χ1v) is 9.52. The summed E-state index contributed by atoms with van der Waals surface area (Å²) in [6, 6.07) is 8.18. The zero-order valence-electron chi connectivity index (χ0n) is 14.7. The summed E-state index contributed by atoms with van der Waals surface area (Å²) in [7, 11) is 0. The summed E-state index contributed by atoms with van der Waals surface area (Å²) >= 11 is 1.66. The Morgan fingerprint density at radius 3 is 2.85 bits per heavy atom. The second kappa shape index (κ2) is 6.95. The Kier molecular flexibility index (Phi) is 4.50. The Morgan fingerprint density at radius 1 is 1.38 bits per heavy atom. The predicted molar refractivity (Wildman–Crippen MR) is 102 cm³/mol. The number of hydrogen-bond donors (Lipinski definition) is 2. The molecule has 7 nitrogen and oxygen atoms in total. The van der Waals surface area contributed by atoms with Gasteiger partial charge in [-0.25, -0.2) is 9.78 Å². The Morgan fingerprint density at radius 2 is 2.19 bits per heavy atom. The Bertz CT molecular complexity index is 832. The molecule has 1 aromatic heterocycles. The molecule has 1 fully saturated rings. The number of nitrogens with zero attached hydrogens (tertiary/aromatic N) is 3. The van der Waals surface area contributed by atoms with Gasteiger partial charge in [0.1, 0.15) is 6.61 Å². The van der Waals surface area contributed by atoms with Crippen LogP contribution in [0.1, 0.15) is 35.3 Å². The molecule has 4 rings (SSSR count). The second-order valence-electron chi connectivity index (χ2n) is 6.40. The fourth-order valence-corrected chi connectivity index (χ4v) is 3.76. The van der Waals surface area contributed by atoms with Crippen LogP contribution in [0.5, 0.6) is 0 Å². The summed E-state index contributed by atoms with van der Waals surface area (Å²) in [5, 5.41) is 9.95. The molecular weight excluding hydrogens is 350 g/mol. The third-order valence-electron chi connectivity index (χ3n) is 4.56. The normalized spacial score (nSPS) is 20.5. The van der Waals surface area contributed by atoms with Gasteiger partial charge in [0.2, 0.25) is 0 Å². The number of anilines is 1. The number of nitrogens with one attached hydrogen (secondary N) is 2. The van der Waals surface area contributed by atoms with Crippen molar-refractivity contribution >= 4 is 29.1 Å². The Hall–Kier alpha value is -2.61. The van der Waals surface area contributed by atoms with Crippen molar-refractivity contribution in [1.29, 1.82) is 0 Å². The van der Waals surface area contributed by atoms with Gasteiger partial charge in [0, 0.05) is 11.1 Å². The van der Waals surface area contributed by atoms with Gasteiger partial charge in [-0.2, -0.15) is 0 Å². The third-order valence-corrected chi connectivity index (χ3v) is 5.35. The van der Waals surface area contributed by atoms with Crippen LogP contribution in [-0.2, 0) is 4.74 Å². The van der Waals surface area contributed by atoms with Gasteiger partial charge in [-0.15, -0.1) is 11.3 Å². The molecule has 2 N–H and O–H groups in total. The van der Waals surface area contributed by atoms with Gasteiger partial charge in [-0.05, 0) is 31.5 Å². The van der Waals surface area contributed by atoms with Crippen molar-refractivity contribution < 1.29 is 9.53 Å². The van der Waals surface area contributed by atoms with E-state index in [1.54, 1.807) is 16.2 Å². The number of ether oxygens (including phenoxy) is 1. The summed E-state index contributed by atoms with van der Waals surface area (Å²) in [5.41, 5.74) is 3.03. The second-order valence-corrected chi connectivity index (χ2v) is 7.46. The molecule has 1 aromatic carbocycles. The lowest BCUT2D eigenvalue weighted by Gasteiger charge is -2.18. The van der Waals surface area contributed by atoms with Crippen molar-refractivity contribution in [2.45, 2.75) is 25.9 Å². The van der Waals surface area contributed by atoms with Crippen molar-refractivity contribution in [3.63, 3.8) is 0 Å². The zero-order valence-corrected chi connectivity index (χ0v) is 15.5. The van der Waals surface area contributed by atoms with E-state index in [2.05, 4.69) is 32.9 Å². The number of aliphatic imine (C=N–C) groups is 1. The quantitative estimate of drug-likeness (QED) is 0.864. The monoisotopic (exact) mass is 371 g/mol. The number of cyclic esters (lactones) is 1. The molecule has 2 aliphatic rings. The number of hydrogen-bond acceptors (Lipinski definition) is 7. The summed E-state index contributed by atoms with van der Waals surface area (Å²) in [4.78, 5) is 22.4. The first kappa shape index (κ1) is 16.8. The number of amides is 1. The molecule has 0 aliphatic carbocycles. The molecule has 2 atom stereocenters. The van der Waals surface area contributed by atoms with E-state index >= 15 is 0 Å². The van der Waals surface area contributed by atoms with Crippen LogP contribution < -0.4 is 15.5 Å². The van der Waals surface area contributed by atoms with E-state index in [1.807, 2.05) is 31.2 Å². The summed E-state index contributed by atoms with van der Waals surface area (Å²) in [6.45, 7) is 5.84. The van der Waals surface area contributed by atoms with Gasteiger partial charge >= 0.3 is 6.09 Å². The van der Waals surface area contributed by atoms with E-state index < -0.39 is 0 Å². The Labute approximate surface area is 156 Å². The smallest absolute Gasteiger partial charge is 0.414 e. The first-order chi connectivity index (χ1) is 12.6. The molecule has 0 saturated carbocycles. The number of aromatic nitrogens is 1. The molecule has 0 bridgehead atoms. The van der Waals surface area contributed by atoms with Gasteiger partial charge in [-0.1, -0.05) is 12.1 Å². The molecule has 136 valence electrons. The fraction of sp³-hybridized carbons (Fsp3) is 0.389. The molecule has 1 saturated heterocycles. The van der Waals surface area contributed by atoms with Crippen LogP contribution >= 0.6 is 11.3 Å². The minimum atomic E-state index is -0.281. The fourth-order valence-electron chi connectivity index (χ4n) is 3.09. The number of carbonyl (C=O) groups is 1. The highest BCUT2D eigenvalue weighted by Gasteiger charge is 2.24. The topological polar surface area (TPSA) is 78.8 Å². The van der Waals surface area contributed by atoms with Gasteiger partial charge in [-0.3, -0.25) is 9.89 Å². The first-order valence-electron chi connectivity index (χ1n) is 8.64. The van der Waals surface area contributed by atoms with Crippen molar-refractivity contribution in [3.05, 3.63) is 45.9 Å². The lowest BCUT2D eigenvalue weighted by atomic mass is 10.1. The molecule has 0 radical (unpaired) electrons. The average Bonchev–Trinajstić information content (AvgIpc) is 3.36. The van der Waals surface area contributed by atoms with E-state index in [-0.39, 0.29) is 18.2 Å². The highest BCUT2D eigenvalue weighted by atomic mass is 32.1. The van der Waals surface area contributed by atoms with Gasteiger partial charge in [0.25, 0.3) is 0 Å². The molecule has 0 spiro atoms. The number of rotatable bonds is 4. The summed E-state index contributed by atoms with van der Waals surface area (Å²) < 4.78 is 4.98. The van der Waals surface area contributed by atoms with E-state index in [0.29, 0.717) is 19.7 Å². The minimum Gasteiger partial charge on any atom is -0.447 e. The number of aryl methyl sites for hydroxylation is 1. The molecule has 8 heteroatoms. The largest absolute Gasteiger partial charge is 0.447 e. The average molecular weight is 371 g/mol. The van der Waals surface area contributed by atoms with Gasteiger partial charge in [0.05, 0.1) is 35.9 Å². The van der Waals surface area contributed by atoms with E-state index in [1.165, 1.54) is 0 Å². The van der Waals surface area contributed by atoms with Crippen LogP contribution in [0.15, 0.2) is 34.6 Å². The van der Waals surface area contributed by atoms with Crippen LogP contribution in [0.4, 0.5) is 10.5 Å². The highest BCUT2D eigenvalue weighted by Crippen LogP contribution is 2.23. The molecule has 2 unspecified atom stereocenters. The van der Waals surface area contributed by atoms with Gasteiger partial charge in [0.15, 0.2) is 5.96 Å². The van der Waals surface area contributed by atoms with Crippen molar-refractivity contribution in [2.75, 3.05) is 24.6 Å². The van der Waals surface area contributed by atoms with E-state index in [4.69, 9.17) is 4.74 Å². The lowest BCUT2D eigenvalue weighted by Crippen LogP contribution is -2.37. The molecular formula is C18H21N5O2S. The molecule has 26 heavy (non-hydrogen) atoms. The van der Waals surface area contributed by atoms with E-state index in [0.717, 1.165) is 27.9 Å². The maximum Gasteiger partial charge on any atom is 0.414 e. The van der Waals surface area contributed by atoms with Gasteiger partial charge < -0.3 is 15.4 Å². The Balaban J connectivity index is 1.36. The molecule has 3 heterocycles. The summed E-state index contributed by atoms with van der Waals surface area (Å²) in [6.07, 6.45) is -0.281. The lowest BCUT2D eigenvalue weighted by molar-refractivity contribution is 0.181. The standard InChI is InChI=1S/C18H21N5O2S/c1-11(13-3-5-14(6-4-13)23-7-8-25-18(23)24)20-17-19-9-15(22-17)16-10-26-12(2)21-16/h3-6,10-11,15H,7-9H2,1-2H3,(H2,19,20,22). The van der Waals surface area contributed by atoms with Crippen molar-refractivity contribution in [1.82, 2.24) is 15.6 Å². The van der Waals surface area contributed by atoms with Crippen molar-refractivity contribution in [3.8, 4) is 0 Å². The van der Waals surface area contributed by atoms with Crippen LogP contribution in [0, 0.1) is 6.92 Å². The van der Waals surface area contributed by atoms with E-state index in [9.17, 15) is 4.79 Å². The number of guanidine groups is 1. The SMILES string of the molecule is Cc1nc(C2CN=C(NC(C)c3ccc(N4CCOC4=O)cc3)N2)cs1. The van der Waals surface area contributed by atoms with Crippen LogP contribution in [0.2, 0.25) is 0 Å². The third kappa shape index (κ3) is 3.37. The number of carbonyl (C=O) groups excluding carboxylic acids is 1. The highest BCUT2D eigenvalue weighted by molar-refractivity contribution is 7.09. The predicted octanol–water partition coefficient (Wildman–Crippen LogP) is 2.76. The van der Waals surface area contributed by atoms with Crippen LogP contribution in [0.3, 0.4) is 0 Å². The molecule has 2 aliphatic heterocycles. The maximum absolute atomic E-state index is 11.6. The number of thiazole rings is 1. The zero-order chi connectivity index (χ0) is 18.1. The molecule has 1 amide bonds. The van der Waals surface area contributed by atoms with Crippen LogP contribution in [-0.4, -0.2) is 36.7 Å². The summed E-state index contributed by atoms with van der Waals surface area (Å²) in [5.74, 6) is 0.792. The van der Waals surface area contributed by atoms with Crippen LogP contribution in [0.25, 0.3) is 0 Å². The van der Waals surface area contributed by atoms with Crippen molar-refractivity contribution in [2.24, 2.45) is 4.99 Å². The maximum atomic E-state index is 11.6.